The van der Waals surface area contributed by atoms with Crippen LogP contribution in [0.5, 0.6) is 5.75 Å². The molecule has 1 saturated heterocycles. The predicted octanol–water partition coefficient (Wildman–Crippen LogP) is 2.88. The van der Waals surface area contributed by atoms with E-state index in [2.05, 4.69) is 4.98 Å². The lowest BCUT2D eigenvalue weighted by molar-refractivity contribution is -0.153. The van der Waals surface area contributed by atoms with Crippen LogP contribution in [0, 0.1) is 5.41 Å². The number of carbonyl (C=O) groups excluding carboxylic acids is 2. The summed E-state index contributed by atoms with van der Waals surface area (Å²) in [6, 6.07) is 8.43. The molecule has 190 valence electrons. The first-order valence-electron chi connectivity index (χ1n) is 10.3. The molecule has 0 bridgehead atoms. The van der Waals surface area contributed by atoms with Crippen LogP contribution in [0.15, 0.2) is 48.8 Å². The van der Waals surface area contributed by atoms with Gasteiger partial charge in [0.25, 0.3) is 5.08 Å². The van der Waals surface area contributed by atoms with Crippen molar-refractivity contribution in [1.82, 2.24) is 4.98 Å². The van der Waals surface area contributed by atoms with E-state index in [4.69, 9.17) is 18.5 Å². The van der Waals surface area contributed by atoms with Crippen LogP contribution in [0.2, 0.25) is 0 Å². The van der Waals surface area contributed by atoms with Crippen LogP contribution < -0.4 is 4.74 Å². The van der Waals surface area contributed by atoms with E-state index in [1.54, 1.807) is 0 Å². The maximum absolute atomic E-state index is 13.0. The largest absolute Gasteiger partial charge is 0.465 e. The number of hydrogen-bond acceptors (Lipinski definition) is 10. The van der Waals surface area contributed by atoms with Crippen LogP contribution in [0.4, 0.5) is 0 Å². The number of aliphatic hydroxyl groups is 1. The lowest BCUT2D eigenvalue weighted by Crippen LogP contribution is -2.38. The molecule has 0 aliphatic carbocycles. The van der Waals surface area contributed by atoms with Crippen molar-refractivity contribution in [1.29, 1.82) is 0 Å². The van der Waals surface area contributed by atoms with Gasteiger partial charge < -0.3 is 24.4 Å². The number of rotatable bonds is 7. The number of pyridine rings is 1. The van der Waals surface area contributed by atoms with Gasteiger partial charge in [-0.2, -0.15) is 0 Å². The third kappa shape index (κ3) is 5.70. The minimum Gasteiger partial charge on any atom is -0.465 e. The summed E-state index contributed by atoms with van der Waals surface area (Å²) in [6.45, 7) is 3.84. The van der Waals surface area contributed by atoms with Crippen molar-refractivity contribution in [3.8, 4) is 5.75 Å². The summed E-state index contributed by atoms with van der Waals surface area (Å²) in [6.07, 6.45) is -0.0244. The predicted molar refractivity (Wildman–Crippen MR) is 120 cm³/mol. The number of esters is 2. The fourth-order valence-electron chi connectivity index (χ4n) is 3.04. The van der Waals surface area contributed by atoms with Crippen LogP contribution in [-0.4, -0.2) is 43.5 Å². The van der Waals surface area contributed by atoms with E-state index in [1.807, 2.05) is 0 Å². The number of nitrogens with zero attached hydrogens (tertiary/aromatic N) is 1. The number of hydrogen-bond donors (Lipinski definition) is 3. The smallest absolute Gasteiger partial charge is 0.374 e. The molecule has 0 radical (unpaired) electrons. The molecular weight excluding hydrogens is 504 g/mol. The minimum absolute atomic E-state index is 0.156. The maximum Gasteiger partial charge on any atom is 0.374 e. The molecule has 0 amide bonds. The molecule has 2 atom stereocenters. The monoisotopic (exact) mass is 529 g/mol. The number of aromatic nitrogens is 1. The van der Waals surface area contributed by atoms with Gasteiger partial charge in [0.15, 0.2) is 0 Å². The van der Waals surface area contributed by atoms with Gasteiger partial charge in [0.05, 0.1) is 11.0 Å². The molecule has 1 fully saturated rings. The molecule has 0 saturated carbocycles. The molecule has 12 nitrogen and oxygen atoms in total. The van der Waals surface area contributed by atoms with Gasteiger partial charge in [0.2, 0.25) is 6.29 Å². The topological polar surface area (TPSA) is 179 Å². The van der Waals surface area contributed by atoms with Gasteiger partial charge in [0.1, 0.15) is 12.4 Å². The van der Waals surface area contributed by atoms with E-state index in [0.717, 1.165) is 0 Å². The number of para-hydroxylation sites is 1. The Morgan fingerprint density at radius 3 is 2.31 bits per heavy atom. The van der Waals surface area contributed by atoms with Crippen molar-refractivity contribution >= 4 is 27.1 Å². The lowest BCUT2D eigenvalue weighted by atomic mass is 9.95. The van der Waals surface area contributed by atoms with Gasteiger partial charge >= 0.3 is 27.1 Å². The lowest BCUT2D eigenvalue weighted by Gasteiger charge is -2.41. The van der Waals surface area contributed by atoms with Crippen molar-refractivity contribution in [3.05, 3.63) is 59.9 Å². The highest BCUT2D eigenvalue weighted by molar-refractivity contribution is 7.73. The zero-order valence-electron chi connectivity index (χ0n) is 19.1. The highest BCUT2D eigenvalue weighted by Gasteiger charge is 2.67. The zero-order valence-corrected chi connectivity index (χ0v) is 20.8. The summed E-state index contributed by atoms with van der Waals surface area (Å²) >= 11 is 0. The summed E-state index contributed by atoms with van der Waals surface area (Å²) in [5.74, 6) is -1.61. The second-order valence-corrected chi connectivity index (χ2v) is 12.8. The molecule has 1 aliphatic heterocycles. The molecule has 14 heteroatoms. The van der Waals surface area contributed by atoms with E-state index in [0.29, 0.717) is 0 Å². The molecule has 1 aromatic carbocycles. The summed E-state index contributed by atoms with van der Waals surface area (Å²) in [4.78, 5) is 48.7. The Morgan fingerprint density at radius 2 is 1.74 bits per heavy atom. The third-order valence-corrected chi connectivity index (χ3v) is 9.71. The highest BCUT2D eigenvalue weighted by Crippen LogP contribution is 2.79. The second kappa shape index (κ2) is 9.91. The summed E-state index contributed by atoms with van der Waals surface area (Å²) in [5, 5.41) is 7.67. The molecule has 2 unspecified atom stereocenters. The van der Waals surface area contributed by atoms with Gasteiger partial charge in [-0.1, -0.05) is 24.3 Å². The fraction of sp³-hybridized carbons (Fsp3) is 0.381. The maximum atomic E-state index is 13.0. The average molecular weight is 529 g/mol. The third-order valence-electron chi connectivity index (χ3n) is 5.11. The Bertz CT molecular complexity index is 1170. The molecular formula is C21H25NO11P2. The number of carbonyl (C=O) groups is 2. The molecule has 3 rings (SSSR count). The van der Waals surface area contributed by atoms with Gasteiger partial charge in [-0.15, -0.1) is 0 Å². The molecule has 1 aromatic heterocycles. The van der Waals surface area contributed by atoms with Crippen molar-refractivity contribution in [2.24, 2.45) is 5.41 Å². The summed E-state index contributed by atoms with van der Waals surface area (Å²) < 4.78 is 46.5. The van der Waals surface area contributed by atoms with Crippen LogP contribution in [0.1, 0.15) is 38.2 Å². The van der Waals surface area contributed by atoms with Crippen molar-refractivity contribution in [2.45, 2.75) is 38.6 Å². The Labute approximate surface area is 200 Å². The average Bonchev–Trinajstić information content (AvgIpc) is 2.77. The van der Waals surface area contributed by atoms with Gasteiger partial charge in [-0.25, -0.2) is 0 Å². The van der Waals surface area contributed by atoms with E-state index in [9.17, 15) is 33.6 Å². The molecule has 1 aliphatic rings. The van der Waals surface area contributed by atoms with Crippen molar-refractivity contribution in [3.63, 3.8) is 0 Å². The van der Waals surface area contributed by atoms with Gasteiger partial charge in [-0.3, -0.25) is 32.8 Å². The summed E-state index contributed by atoms with van der Waals surface area (Å²) in [7, 11) is -10.5. The summed E-state index contributed by atoms with van der Waals surface area (Å²) in [5.41, 5.74) is -1.24. The normalized spacial score (nSPS) is 28.8. The Hall–Kier alpha value is -2.43. The first-order valence-corrected chi connectivity index (χ1v) is 13.4. The van der Waals surface area contributed by atoms with Gasteiger partial charge in [-0.05, 0) is 31.5 Å². The molecule has 35 heavy (non-hydrogen) atoms. The number of benzene rings is 1. The van der Waals surface area contributed by atoms with Crippen LogP contribution in [0.25, 0.3) is 0 Å². The first-order chi connectivity index (χ1) is 16.2. The van der Waals surface area contributed by atoms with E-state index in [1.165, 1.54) is 69.6 Å². The molecule has 2 aromatic rings. The van der Waals surface area contributed by atoms with Gasteiger partial charge in [0, 0.05) is 25.7 Å². The Morgan fingerprint density at radius 1 is 1.11 bits per heavy atom. The number of ether oxygens (including phenoxy) is 2. The van der Waals surface area contributed by atoms with E-state index >= 15 is 0 Å². The Kier molecular flexibility index (Phi) is 7.69. The van der Waals surface area contributed by atoms with E-state index < -0.39 is 50.3 Å². The molecule has 3 N–H and O–H groups in total. The van der Waals surface area contributed by atoms with Crippen LogP contribution >= 0.6 is 15.2 Å². The quantitative estimate of drug-likeness (QED) is 0.272. The van der Waals surface area contributed by atoms with Crippen molar-refractivity contribution < 1.29 is 52.1 Å². The molecule has 0 spiro atoms. The molecule has 2 heterocycles. The highest BCUT2D eigenvalue weighted by atomic mass is 31.2. The van der Waals surface area contributed by atoms with Crippen LogP contribution in [-0.2, 0) is 38.9 Å². The second-order valence-electron chi connectivity index (χ2n) is 8.49. The Balaban J connectivity index is 1.89. The minimum atomic E-state index is -5.23. The van der Waals surface area contributed by atoms with E-state index in [-0.39, 0.29) is 23.5 Å². The fourth-order valence-corrected chi connectivity index (χ4v) is 6.61. The first kappa shape index (κ1) is 27.2. The van der Waals surface area contributed by atoms with Crippen LogP contribution in [0.3, 0.4) is 0 Å². The standard InChI is InChI=1S/C21H25NO11P2/c1-14(23)30-13-20(2,3)19(24)31-17-9-5-4-8-16(17)18-32-34(26,27)21(25,35(28,29)33-18)11-15-7-6-10-22-12-15/h4-10,12,18,25H,11,13H2,1-3H3,(H,26,27)(H,28,29). The zero-order chi connectivity index (χ0) is 26.1. The SMILES string of the molecule is CC(=O)OCC(C)(C)C(=O)Oc1ccccc1C1OP(=O)(O)C(O)(Cc2cccnc2)P(=O)(O)O1. The van der Waals surface area contributed by atoms with Crippen molar-refractivity contribution in [2.75, 3.05) is 6.61 Å².